The van der Waals surface area contributed by atoms with Gasteiger partial charge in [0.1, 0.15) is 0 Å². The lowest BCUT2D eigenvalue weighted by molar-refractivity contribution is 0.0752. The van der Waals surface area contributed by atoms with E-state index in [0.29, 0.717) is 13.2 Å². The van der Waals surface area contributed by atoms with E-state index in [1.54, 1.807) is 0 Å². The molecule has 1 rings (SSSR count). The van der Waals surface area contributed by atoms with Crippen molar-refractivity contribution in [1.29, 1.82) is 0 Å². The Kier molecular flexibility index (Phi) is 6.96. The summed E-state index contributed by atoms with van der Waals surface area (Å²) in [5.74, 6) is 0.777. The second kappa shape index (κ2) is 8.01. The topological polar surface area (TPSA) is 41.7 Å². The fourth-order valence-electron chi connectivity index (χ4n) is 2.09. The SMILES string of the molecule is CC(C)CN1CCN(CCOCCN)CC1. The maximum absolute atomic E-state index is 5.40. The van der Waals surface area contributed by atoms with Gasteiger partial charge in [0.2, 0.25) is 0 Å². The highest BCUT2D eigenvalue weighted by molar-refractivity contribution is 4.72. The van der Waals surface area contributed by atoms with Crippen molar-refractivity contribution < 1.29 is 4.74 Å². The number of piperazine rings is 1. The van der Waals surface area contributed by atoms with Crippen LogP contribution in [0, 0.1) is 5.92 Å². The highest BCUT2D eigenvalue weighted by Crippen LogP contribution is 2.04. The van der Waals surface area contributed by atoms with Crippen molar-refractivity contribution in [2.45, 2.75) is 13.8 Å². The molecule has 0 saturated carbocycles. The molecule has 0 aliphatic carbocycles. The smallest absolute Gasteiger partial charge is 0.0594 e. The van der Waals surface area contributed by atoms with Crippen LogP contribution in [0.15, 0.2) is 0 Å². The molecule has 1 fully saturated rings. The van der Waals surface area contributed by atoms with Gasteiger partial charge in [0.15, 0.2) is 0 Å². The van der Waals surface area contributed by atoms with Gasteiger partial charge < -0.3 is 15.4 Å². The predicted octanol–water partition coefficient (Wildman–Crippen LogP) is 0.235. The molecule has 0 bridgehead atoms. The van der Waals surface area contributed by atoms with Crippen LogP contribution in [0.1, 0.15) is 13.8 Å². The molecule has 96 valence electrons. The highest BCUT2D eigenvalue weighted by Gasteiger charge is 2.16. The van der Waals surface area contributed by atoms with Crippen molar-refractivity contribution >= 4 is 0 Å². The Hall–Kier alpha value is -0.160. The summed E-state index contributed by atoms with van der Waals surface area (Å²) in [5, 5.41) is 0. The van der Waals surface area contributed by atoms with Crippen LogP contribution in [0.5, 0.6) is 0 Å². The summed E-state index contributed by atoms with van der Waals surface area (Å²) in [6, 6.07) is 0. The quantitative estimate of drug-likeness (QED) is 0.635. The van der Waals surface area contributed by atoms with Crippen LogP contribution in [-0.2, 0) is 4.74 Å². The lowest BCUT2D eigenvalue weighted by atomic mass is 10.2. The molecule has 0 atom stereocenters. The number of hydrogen-bond acceptors (Lipinski definition) is 4. The predicted molar refractivity (Wildman–Crippen MR) is 67.6 cm³/mol. The molecule has 4 nitrogen and oxygen atoms in total. The van der Waals surface area contributed by atoms with E-state index in [9.17, 15) is 0 Å². The molecule has 0 aromatic carbocycles. The molecule has 0 amide bonds. The van der Waals surface area contributed by atoms with E-state index in [2.05, 4.69) is 23.6 Å². The molecule has 16 heavy (non-hydrogen) atoms. The monoisotopic (exact) mass is 229 g/mol. The molecule has 1 aliphatic heterocycles. The molecule has 1 aliphatic rings. The Bertz CT molecular complexity index is 168. The number of hydrogen-bond donors (Lipinski definition) is 1. The van der Waals surface area contributed by atoms with Gasteiger partial charge in [-0.25, -0.2) is 0 Å². The van der Waals surface area contributed by atoms with Crippen molar-refractivity contribution in [1.82, 2.24) is 9.80 Å². The molecule has 0 radical (unpaired) electrons. The molecular formula is C12H27N3O. The van der Waals surface area contributed by atoms with Gasteiger partial charge >= 0.3 is 0 Å². The van der Waals surface area contributed by atoms with E-state index in [1.807, 2.05) is 0 Å². The minimum absolute atomic E-state index is 0.627. The molecule has 0 aromatic rings. The Morgan fingerprint density at radius 2 is 1.69 bits per heavy atom. The fraction of sp³-hybridized carbons (Fsp3) is 1.00. The number of nitrogens with zero attached hydrogens (tertiary/aromatic N) is 2. The van der Waals surface area contributed by atoms with Gasteiger partial charge in [0.05, 0.1) is 13.2 Å². The van der Waals surface area contributed by atoms with Crippen molar-refractivity contribution in [2.24, 2.45) is 11.7 Å². The zero-order chi connectivity index (χ0) is 11.8. The van der Waals surface area contributed by atoms with Crippen LogP contribution in [0.2, 0.25) is 0 Å². The lowest BCUT2D eigenvalue weighted by Gasteiger charge is -2.35. The van der Waals surface area contributed by atoms with E-state index in [4.69, 9.17) is 10.5 Å². The van der Waals surface area contributed by atoms with E-state index in [1.165, 1.54) is 32.7 Å². The van der Waals surface area contributed by atoms with Crippen LogP contribution in [0.4, 0.5) is 0 Å². The molecule has 1 heterocycles. The lowest BCUT2D eigenvalue weighted by Crippen LogP contribution is -2.48. The van der Waals surface area contributed by atoms with Gasteiger partial charge in [-0.3, -0.25) is 4.90 Å². The first kappa shape index (κ1) is 13.9. The Morgan fingerprint density at radius 1 is 1.06 bits per heavy atom. The maximum atomic E-state index is 5.40. The Labute approximate surface area is 99.7 Å². The third kappa shape index (κ3) is 5.80. The normalized spacial score (nSPS) is 19.5. The zero-order valence-corrected chi connectivity index (χ0v) is 10.8. The third-order valence-electron chi connectivity index (χ3n) is 2.90. The molecule has 4 heteroatoms. The summed E-state index contributed by atoms with van der Waals surface area (Å²) >= 11 is 0. The number of ether oxygens (including phenoxy) is 1. The molecular weight excluding hydrogens is 202 g/mol. The number of nitrogens with two attached hydrogens (primary N) is 1. The second-order valence-electron chi connectivity index (χ2n) is 4.94. The molecule has 2 N–H and O–H groups in total. The maximum Gasteiger partial charge on any atom is 0.0594 e. The zero-order valence-electron chi connectivity index (χ0n) is 10.8. The first-order chi connectivity index (χ1) is 7.72. The molecule has 0 unspecified atom stereocenters. The van der Waals surface area contributed by atoms with Crippen LogP contribution in [0.3, 0.4) is 0 Å². The van der Waals surface area contributed by atoms with Gasteiger partial charge in [-0.05, 0) is 5.92 Å². The van der Waals surface area contributed by atoms with E-state index < -0.39 is 0 Å². The summed E-state index contributed by atoms with van der Waals surface area (Å²) in [5.41, 5.74) is 5.37. The summed E-state index contributed by atoms with van der Waals surface area (Å²) in [4.78, 5) is 5.04. The minimum atomic E-state index is 0.627. The van der Waals surface area contributed by atoms with Crippen LogP contribution in [0.25, 0.3) is 0 Å². The minimum Gasteiger partial charge on any atom is -0.379 e. The summed E-state index contributed by atoms with van der Waals surface area (Å²) in [6.07, 6.45) is 0. The van der Waals surface area contributed by atoms with Crippen molar-refractivity contribution in [3.8, 4) is 0 Å². The summed E-state index contributed by atoms with van der Waals surface area (Å²) < 4.78 is 5.40. The van der Waals surface area contributed by atoms with Crippen molar-refractivity contribution in [3.63, 3.8) is 0 Å². The van der Waals surface area contributed by atoms with Crippen LogP contribution >= 0.6 is 0 Å². The van der Waals surface area contributed by atoms with Gasteiger partial charge in [-0.15, -0.1) is 0 Å². The van der Waals surface area contributed by atoms with Crippen molar-refractivity contribution in [2.75, 3.05) is 59.0 Å². The average Bonchev–Trinajstić information content (AvgIpc) is 2.26. The van der Waals surface area contributed by atoms with Crippen molar-refractivity contribution in [3.05, 3.63) is 0 Å². The van der Waals surface area contributed by atoms with E-state index >= 15 is 0 Å². The van der Waals surface area contributed by atoms with Crippen LogP contribution in [-0.4, -0.2) is 68.8 Å². The molecule has 0 spiro atoms. The first-order valence-electron chi connectivity index (χ1n) is 6.45. The van der Waals surface area contributed by atoms with Gasteiger partial charge in [-0.1, -0.05) is 13.8 Å². The highest BCUT2D eigenvalue weighted by atomic mass is 16.5. The first-order valence-corrected chi connectivity index (χ1v) is 6.45. The fourth-order valence-corrected chi connectivity index (χ4v) is 2.09. The third-order valence-corrected chi connectivity index (χ3v) is 2.90. The summed E-state index contributed by atoms with van der Waals surface area (Å²) in [6.45, 7) is 13.8. The Morgan fingerprint density at radius 3 is 2.25 bits per heavy atom. The standard InChI is InChI=1S/C12H27N3O/c1-12(2)11-15-6-4-14(5-7-15)8-10-16-9-3-13/h12H,3-11,13H2,1-2H3. The van der Waals surface area contributed by atoms with Crippen LogP contribution < -0.4 is 5.73 Å². The largest absolute Gasteiger partial charge is 0.379 e. The molecule has 0 aromatic heterocycles. The average molecular weight is 229 g/mol. The number of rotatable bonds is 7. The van der Waals surface area contributed by atoms with Gasteiger partial charge in [-0.2, -0.15) is 0 Å². The van der Waals surface area contributed by atoms with E-state index in [-0.39, 0.29) is 0 Å². The summed E-state index contributed by atoms with van der Waals surface area (Å²) in [7, 11) is 0. The van der Waals surface area contributed by atoms with Gasteiger partial charge in [0, 0.05) is 45.8 Å². The van der Waals surface area contributed by atoms with E-state index in [0.717, 1.165) is 19.1 Å². The van der Waals surface area contributed by atoms with Gasteiger partial charge in [0.25, 0.3) is 0 Å². The Balaban J connectivity index is 2.03. The second-order valence-corrected chi connectivity index (χ2v) is 4.94. The molecule has 1 saturated heterocycles.